The van der Waals surface area contributed by atoms with Crippen LogP contribution in [0.5, 0.6) is 0 Å². The number of nitrogen functional groups attached to an aromatic ring is 1. The first-order chi connectivity index (χ1) is 26.7. The number of carbonyl (C=O) groups is 5. The fourth-order valence-electron chi connectivity index (χ4n) is 5.93. The van der Waals surface area contributed by atoms with Crippen LogP contribution >= 0.6 is 14.5 Å². The molecule has 3 unspecified atom stereocenters. The Morgan fingerprint density at radius 3 is 2.05 bits per heavy atom. The monoisotopic (exact) mass is 873 g/mol. The van der Waals surface area contributed by atoms with Crippen LogP contribution < -0.4 is 5.73 Å². The van der Waals surface area contributed by atoms with Crippen molar-refractivity contribution >= 4 is 73.2 Å². The van der Waals surface area contributed by atoms with Crippen LogP contribution in [0.15, 0.2) is 12.7 Å². The molecule has 0 aliphatic carbocycles. The number of phosphoric ester groups is 1. The van der Waals surface area contributed by atoms with Crippen LogP contribution in [0.4, 0.5) is 5.82 Å². The van der Waals surface area contributed by atoms with E-state index in [1.165, 1.54) is 31.4 Å². The van der Waals surface area contributed by atoms with Gasteiger partial charge in [-0.25, -0.2) is 23.8 Å². The Bertz CT molecular complexity index is 1900. The van der Waals surface area contributed by atoms with Gasteiger partial charge in [0.2, 0.25) is 6.29 Å². The number of fused-ring (bicyclic) bond motifs is 1. The minimum atomic E-state index is -5.69. The number of nitrogens with two attached hydrogens (primary N) is 1. The number of methoxy groups -OCH3 is 2. The zero-order valence-corrected chi connectivity index (χ0v) is 33.9. The molecule has 4 heterocycles. The molecule has 2 aliphatic rings. The maximum absolute atomic E-state index is 13.5. The van der Waals surface area contributed by atoms with Gasteiger partial charge in [-0.2, -0.15) is 0 Å². The molecule has 12 atom stereocenters. The van der Waals surface area contributed by atoms with E-state index in [9.17, 15) is 38.3 Å². The number of ether oxygens (including phenoxy) is 9. The van der Waals surface area contributed by atoms with Gasteiger partial charge in [0.15, 0.2) is 42.1 Å². The second-order valence-electron chi connectivity index (χ2n) is 12.1. The first kappa shape index (κ1) is 45.9. The van der Waals surface area contributed by atoms with Gasteiger partial charge in [0.1, 0.15) is 42.9 Å². The number of carbonyl (C=O) groups excluding carboxylic acids is 5. The Kier molecular flexibility index (Phi) is 15.6. The molecule has 0 aromatic carbocycles. The molecule has 4 rings (SSSR count). The van der Waals surface area contributed by atoms with Crippen molar-refractivity contribution in [3.8, 4) is 0 Å². The summed E-state index contributed by atoms with van der Waals surface area (Å²) in [4.78, 5) is 94.7. The lowest BCUT2D eigenvalue weighted by Gasteiger charge is -2.45. The number of hydrogen-bond acceptors (Lipinski definition) is 23. The number of phosphoric acid groups is 1. The summed E-state index contributed by atoms with van der Waals surface area (Å²) in [5, 5.41) is 0. The molecule has 2 fully saturated rings. The van der Waals surface area contributed by atoms with E-state index in [0.717, 1.165) is 34.6 Å². The molecule has 25 nitrogen and oxygen atoms in total. The minimum Gasteiger partial charge on any atom is -0.462 e. The molecule has 318 valence electrons. The number of aromatic nitrogens is 4. The molecule has 2 saturated heterocycles. The normalized spacial score (nSPS) is 28.7. The lowest BCUT2D eigenvalue weighted by atomic mass is 9.94. The Labute approximate surface area is 328 Å². The maximum Gasteiger partial charge on any atom is 0.481 e. The van der Waals surface area contributed by atoms with Gasteiger partial charge in [-0.1, -0.05) is 0 Å². The van der Waals surface area contributed by atoms with Crippen LogP contribution in [-0.2, 0) is 96.3 Å². The highest BCUT2D eigenvalue weighted by Crippen LogP contribution is 2.62. The molecule has 2 aromatic rings. The lowest BCUT2D eigenvalue weighted by Crippen LogP contribution is -2.65. The summed E-state index contributed by atoms with van der Waals surface area (Å²) in [7, 11) is -2.98. The first-order valence-electron chi connectivity index (χ1n) is 16.5. The first-order valence-corrected chi connectivity index (χ1v) is 20.6. The summed E-state index contributed by atoms with van der Waals surface area (Å²) in [6, 6.07) is 0. The Hall–Kier alpha value is -3.78. The molecule has 0 radical (unpaired) electrons. The van der Waals surface area contributed by atoms with Crippen molar-refractivity contribution in [2.45, 2.75) is 96.0 Å². The van der Waals surface area contributed by atoms with E-state index in [2.05, 4.69) is 15.0 Å². The van der Waals surface area contributed by atoms with Gasteiger partial charge >= 0.3 is 44.4 Å². The van der Waals surface area contributed by atoms with Crippen LogP contribution in [0.3, 0.4) is 0 Å². The zero-order valence-electron chi connectivity index (χ0n) is 31.3. The van der Waals surface area contributed by atoms with Gasteiger partial charge in [-0.3, -0.25) is 33.1 Å². The van der Waals surface area contributed by atoms with Crippen LogP contribution in [0.1, 0.15) is 40.8 Å². The second kappa shape index (κ2) is 19.3. The SMILES string of the molecule is CO[C@@H]1[C@H](OC)[C@@H](COP(O)(=S)OP(=O)(O)O[C@@H]2O[C@H](C(COC(C)=O)OC(C)=O)[C@@H](OC(C)=O)[C@H](OC(C)=O)[C@@H]2OC(C)=O)O[C@H]1n1cnc2c(N)ncnc21. The van der Waals surface area contributed by atoms with Crippen molar-refractivity contribution in [1.82, 2.24) is 19.5 Å². The summed E-state index contributed by atoms with van der Waals surface area (Å²) in [5.74, 6) is -4.82. The molecule has 2 aromatic heterocycles. The Morgan fingerprint density at radius 2 is 1.47 bits per heavy atom. The molecular formula is C29H41N5O20P2S. The van der Waals surface area contributed by atoms with Gasteiger partial charge in [-0.15, -0.1) is 0 Å². The highest BCUT2D eigenvalue weighted by Gasteiger charge is 2.57. The molecule has 0 saturated carbocycles. The van der Waals surface area contributed by atoms with Gasteiger partial charge < -0.3 is 62.7 Å². The average Bonchev–Trinajstić information content (AvgIpc) is 3.68. The molecule has 28 heteroatoms. The van der Waals surface area contributed by atoms with Crippen molar-refractivity contribution in [2.24, 2.45) is 0 Å². The van der Waals surface area contributed by atoms with Crippen LogP contribution in [0.2, 0.25) is 0 Å². The van der Waals surface area contributed by atoms with Crippen molar-refractivity contribution in [1.29, 1.82) is 0 Å². The topological polar surface area (TPSA) is 323 Å². The maximum atomic E-state index is 13.5. The number of esters is 5. The van der Waals surface area contributed by atoms with E-state index >= 15 is 0 Å². The summed E-state index contributed by atoms with van der Waals surface area (Å²) in [6.07, 6.45) is -12.7. The van der Waals surface area contributed by atoms with Gasteiger partial charge in [-0.05, 0) is 11.8 Å². The second-order valence-corrected chi connectivity index (χ2v) is 16.5. The largest absolute Gasteiger partial charge is 0.481 e. The molecule has 0 bridgehead atoms. The number of imidazole rings is 1. The van der Waals surface area contributed by atoms with E-state index in [4.69, 9.17) is 73.5 Å². The number of hydrogen-bond donors (Lipinski definition) is 3. The predicted octanol–water partition coefficient (Wildman–Crippen LogP) is -0.282. The molecule has 4 N–H and O–H groups in total. The minimum absolute atomic E-state index is 0.105. The molecule has 0 amide bonds. The number of anilines is 1. The summed E-state index contributed by atoms with van der Waals surface area (Å²) >= 11 is 5.01. The predicted molar refractivity (Wildman–Crippen MR) is 187 cm³/mol. The third-order valence-electron chi connectivity index (χ3n) is 7.91. The summed E-state index contributed by atoms with van der Waals surface area (Å²) < 4.78 is 79.6. The third kappa shape index (κ3) is 11.9. The van der Waals surface area contributed by atoms with E-state index in [-0.39, 0.29) is 11.3 Å². The zero-order chi connectivity index (χ0) is 42.4. The van der Waals surface area contributed by atoms with Gasteiger partial charge in [0.25, 0.3) is 0 Å². The Balaban J connectivity index is 1.59. The van der Waals surface area contributed by atoms with Crippen molar-refractivity contribution in [3.63, 3.8) is 0 Å². The van der Waals surface area contributed by atoms with E-state index < -0.39 is 119 Å². The molecule has 2 aliphatic heterocycles. The van der Waals surface area contributed by atoms with Crippen LogP contribution in [0.25, 0.3) is 11.2 Å². The van der Waals surface area contributed by atoms with Crippen LogP contribution in [-0.4, -0.2) is 142 Å². The number of rotatable bonds is 17. The molecule has 0 spiro atoms. The quantitative estimate of drug-likeness (QED) is 0.104. The summed E-state index contributed by atoms with van der Waals surface area (Å²) in [6.45, 7) is -1.38. The van der Waals surface area contributed by atoms with Crippen molar-refractivity contribution in [2.75, 3.05) is 33.2 Å². The van der Waals surface area contributed by atoms with E-state index in [0.29, 0.717) is 5.65 Å². The van der Waals surface area contributed by atoms with Crippen molar-refractivity contribution in [3.05, 3.63) is 12.7 Å². The number of nitrogens with zero attached hydrogens (tertiary/aromatic N) is 4. The fraction of sp³-hybridized carbons (Fsp3) is 0.655. The molecular weight excluding hydrogens is 832 g/mol. The average molecular weight is 874 g/mol. The smallest absolute Gasteiger partial charge is 0.462 e. The Morgan fingerprint density at radius 1 is 0.860 bits per heavy atom. The summed E-state index contributed by atoms with van der Waals surface area (Å²) in [5.41, 5.74) is 6.48. The van der Waals surface area contributed by atoms with Crippen LogP contribution in [0, 0.1) is 0 Å². The van der Waals surface area contributed by atoms with Gasteiger partial charge in [0, 0.05) is 48.8 Å². The van der Waals surface area contributed by atoms with E-state index in [1.807, 2.05) is 0 Å². The highest BCUT2D eigenvalue weighted by molar-refractivity contribution is 8.08. The third-order valence-corrected chi connectivity index (χ3v) is 11.4. The molecule has 57 heavy (non-hydrogen) atoms. The highest BCUT2D eigenvalue weighted by atomic mass is 32.5. The standard InChI is InChI=1S/C29H41N5O20P2S/c1-12(35)45-8-17(47-13(2)36)21-22(48-14(3)37)23(49-15(4)38)25(50-16(5)39)29(52-21)53-55(40,41)54-56(42,57)46-9-18-20(43-6)24(44-7)28(51-18)34-11-33-19-26(30)31-10-32-27(19)34/h10-11,17-18,20-25,28-29H,8-9H2,1-7H3,(H,40,41)(H,42,57)(H2,30,31,32)/t17?,18-,20-,21-,22-,23+,24-,25+,28-,29+,56?/m1/s1. The lowest BCUT2D eigenvalue weighted by molar-refractivity contribution is -0.301. The fourth-order valence-corrected chi connectivity index (χ4v) is 9.02. The van der Waals surface area contributed by atoms with E-state index in [1.54, 1.807) is 0 Å². The van der Waals surface area contributed by atoms with Gasteiger partial charge in [0.05, 0.1) is 12.9 Å². The van der Waals surface area contributed by atoms with Crippen molar-refractivity contribution < 1.29 is 94.3 Å².